The fraction of sp³-hybridized carbons (Fsp3) is 1.00. The van der Waals surface area contributed by atoms with Crippen LogP contribution in [0.4, 0.5) is 0 Å². The van der Waals surface area contributed by atoms with Crippen LogP contribution in [0.2, 0.25) is 0 Å². The van der Waals surface area contributed by atoms with Crippen molar-refractivity contribution in [1.29, 1.82) is 0 Å². The van der Waals surface area contributed by atoms with E-state index >= 15 is 0 Å². The normalized spacial score (nSPS) is 24.3. The third-order valence-electron chi connectivity index (χ3n) is 2.65. The van der Waals surface area contributed by atoms with Crippen LogP contribution in [0.15, 0.2) is 0 Å². The van der Waals surface area contributed by atoms with Crippen molar-refractivity contribution < 1.29 is 13.5 Å². The van der Waals surface area contributed by atoms with Gasteiger partial charge in [0.25, 0.3) is 0 Å². The largest absolute Gasteiger partial charge is 0.395 e. The summed E-state index contributed by atoms with van der Waals surface area (Å²) in [5.74, 6) is 0.222. The van der Waals surface area contributed by atoms with Crippen molar-refractivity contribution in [3.05, 3.63) is 0 Å². The Labute approximate surface area is 86.0 Å². The second-order valence-electron chi connectivity index (χ2n) is 3.76. The molecule has 1 heterocycles. The molecule has 1 fully saturated rings. The van der Waals surface area contributed by atoms with Crippen molar-refractivity contribution in [2.75, 3.05) is 18.9 Å². The number of hydrogen-bond donors (Lipinski definition) is 1. The molecule has 0 saturated carbocycles. The van der Waals surface area contributed by atoms with Crippen LogP contribution in [-0.2, 0) is 10.0 Å². The summed E-state index contributed by atoms with van der Waals surface area (Å²) in [7, 11) is -3.11. The highest BCUT2D eigenvalue weighted by Crippen LogP contribution is 2.21. The van der Waals surface area contributed by atoms with Gasteiger partial charge in [-0.15, -0.1) is 0 Å². The van der Waals surface area contributed by atoms with Crippen molar-refractivity contribution in [1.82, 2.24) is 4.31 Å². The van der Waals surface area contributed by atoms with Crippen LogP contribution < -0.4 is 0 Å². The fourth-order valence-corrected chi connectivity index (χ4v) is 3.72. The van der Waals surface area contributed by atoms with Crippen LogP contribution in [0.5, 0.6) is 0 Å². The number of aliphatic hydroxyl groups is 1. The molecule has 4 nitrogen and oxygen atoms in total. The maximum Gasteiger partial charge on any atom is 0.214 e. The molecule has 1 atom stereocenters. The molecule has 84 valence electrons. The van der Waals surface area contributed by atoms with Crippen LogP contribution in [-0.4, -0.2) is 42.8 Å². The quantitative estimate of drug-likeness (QED) is 0.738. The number of hydrogen-bond acceptors (Lipinski definition) is 3. The summed E-state index contributed by atoms with van der Waals surface area (Å²) < 4.78 is 25.0. The molecule has 1 saturated heterocycles. The Morgan fingerprint density at radius 1 is 1.50 bits per heavy atom. The van der Waals surface area contributed by atoms with Crippen molar-refractivity contribution >= 4 is 10.0 Å². The topological polar surface area (TPSA) is 57.6 Å². The molecule has 0 spiro atoms. The minimum absolute atomic E-state index is 0.0502. The predicted molar refractivity (Wildman–Crippen MR) is 55.5 cm³/mol. The van der Waals surface area contributed by atoms with Gasteiger partial charge < -0.3 is 5.11 Å². The predicted octanol–water partition coefficient (Wildman–Crippen LogP) is 0.573. The van der Waals surface area contributed by atoms with Gasteiger partial charge in [-0.05, 0) is 19.3 Å². The van der Waals surface area contributed by atoms with E-state index in [0.717, 1.165) is 19.3 Å². The van der Waals surface area contributed by atoms with E-state index in [0.29, 0.717) is 13.0 Å². The van der Waals surface area contributed by atoms with Gasteiger partial charge in [0.15, 0.2) is 0 Å². The Morgan fingerprint density at radius 2 is 2.21 bits per heavy atom. The van der Waals surface area contributed by atoms with Gasteiger partial charge in [-0.25, -0.2) is 8.42 Å². The lowest BCUT2D eigenvalue weighted by molar-refractivity contribution is 0.213. The second kappa shape index (κ2) is 5.09. The molecule has 1 unspecified atom stereocenters. The lowest BCUT2D eigenvalue weighted by Gasteiger charge is -2.22. The average molecular weight is 221 g/mol. The molecule has 1 N–H and O–H groups in total. The van der Waals surface area contributed by atoms with E-state index in [-0.39, 0.29) is 18.4 Å². The van der Waals surface area contributed by atoms with Crippen LogP contribution in [0.3, 0.4) is 0 Å². The Kier molecular flexibility index (Phi) is 4.34. The van der Waals surface area contributed by atoms with Crippen LogP contribution in [0, 0.1) is 0 Å². The molecule has 5 heteroatoms. The van der Waals surface area contributed by atoms with E-state index in [1.165, 1.54) is 4.31 Å². The molecule has 0 radical (unpaired) electrons. The van der Waals surface area contributed by atoms with E-state index in [1.54, 1.807) is 0 Å². The van der Waals surface area contributed by atoms with E-state index in [1.807, 2.05) is 6.92 Å². The number of nitrogens with zero attached hydrogens (tertiary/aromatic N) is 1. The van der Waals surface area contributed by atoms with Crippen molar-refractivity contribution in [3.8, 4) is 0 Å². The molecule has 0 bridgehead atoms. The highest BCUT2D eigenvalue weighted by molar-refractivity contribution is 7.89. The van der Waals surface area contributed by atoms with Gasteiger partial charge in [0.05, 0.1) is 12.4 Å². The molecule has 0 aromatic rings. The molecule has 0 aromatic carbocycles. The summed E-state index contributed by atoms with van der Waals surface area (Å²) >= 11 is 0. The smallest absolute Gasteiger partial charge is 0.214 e. The SMILES string of the molecule is CCCCS(=O)(=O)N1CCCC1CO. The first-order valence-electron chi connectivity index (χ1n) is 5.22. The minimum Gasteiger partial charge on any atom is -0.395 e. The molecule has 1 aliphatic rings. The first-order chi connectivity index (χ1) is 6.61. The molecule has 0 aromatic heterocycles. The molecule has 14 heavy (non-hydrogen) atoms. The minimum atomic E-state index is -3.11. The van der Waals surface area contributed by atoms with E-state index in [4.69, 9.17) is 5.11 Å². The molecule has 0 amide bonds. The Bertz CT molecular complexity index is 263. The van der Waals surface area contributed by atoms with Crippen LogP contribution in [0.25, 0.3) is 0 Å². The van der Waals surface area contributed by atoms with Crippen molar-refractivity contribution in [3.63, 3.8) is 0 Å². The maximum atomic E-state index is 11.8. The molecule has 0 aliphatic carbocycles. The number of unbranched alkanes of at least 4 members (excludes halogenated alkanes) is 1. The van der Waals surface area contributed by atoms with Crippen molar-refractivity contribution in [2.45, 2.75) is 38.6 Å². The van der Waals surface area contributed by atoms with Gasteiger partial charge in [-0.1, -0.05) is 13.3 Å². The zero-order chi connectivity index (χ0) is 10.6. The Hall–Kier alpha value is -0.130. The molecule has 1 aliphatic heterocycles. The third-order valence-corrected chi connectivity index (χ3v) is 4.65. The lowest BCUT2D eigenvalue weighted by Crippen LogP contribution is -2.38. The first-order valence-corrected chi connectivity index (χ1v) is 6.83. The lowest BCUT2D eigenvalue weighted by atomic mass is 10.2. The van der Waals surface area contributed by atoms with Gasteiger partial charge in [-0.3, -0.25) is 0 Å². The summed E-state index contributed by atoms with van der Waals surface area (Å²) in [6.07, 6.45) is 3.26. The van der Waals surface area contributed by atoms with Gasteiger partial charge in [0, 0.05) is 12.6 Å². The van der Waals surface area contributed by atoms with Gasteiger partial charge in [0.2, 0.25) is 10.0 Å². The highest BCUT2D eigenvalue weighted by atomic mass is 32.2. The van der Waals surface area contributed by atoms with Crippen LogP contribution in [0.1, 0.15) is 32.6 Å². The molecule has 1 rings (SSSR count). The zero-order valence-electron chi connectivity index (χ0n) is 8.65. The number of aliphatic hydroxyl groups excluding tert-OH is 1. The van der Waals surface area contributed by atoms with Gasteiger partial charge in [-0.2, -0.15) is 4.31 Å². The highest BCUT2D eigenvalue weighted by Gasteiger charge is 2.32. The summed E-state index contributed by atoms with van der Waals surface area (Å²) in [6.45, 7) is 2.51. The van der Waals surface area contributed by atoms with Crippen LogP contribution >= 0.6 is 0 Å². The number of sulfonamides is 1. The van der Waals surface area contributed by atoms with E-state index < -0.39 is 10.0 Å². The summed E-state index contributed by atoms with van der Waals surface area (Å²) in [5.41, 5.74) is 0. The van der Waals surface area contributed by atoms with Gasteiger partial charge in [0.1, 0.15) is 0 Å². The summed E-state index contributed by atoms with van der Waals surface area (Å²) in [6, 6.07) is -0.170. The van der Waals surface area contributed by atoms with Crippen molar-refractivity contribution in [2.24, 2.45) is 0 Å². The zero-order valence-corrected chi connectivity index (χ0v) is 9.46. The monoisotopic (exact) mass is 221 g/mol. The third kappa shape index (κ3) is 2.68. The average Bonchev–Trinajstić information content (AvgIpc) is 2.63. The number of rotatable bonds is 5. The summed E-state index contributed by atoms with van der Waals surface area (Å²) in [5, 5.41) is 9.02. The summed E-state index contributed by atoms with van der Waals surface area (Å²) in [4.78, 5) is 0. The molecular weight excluding hydrogens is 202 g/mol. The van der Waals surface area contributed by atoms with Gasteiger partial charge >= 0.3 is 0 Å². The second-order valence-corrected chi connectivity index (χ2v) is 5.80. The Morgan fingerprint density at radius 3 is 2.79 bits per heavy atom. The Balaban J connectivity index is 2.61. The van der Waals surface area contributed by atoms with E-state index in [9.17, 15) is 8.42 Å². The molecular formula is C9H19NO3S. The fourth-order valence-electron chi connectivity index (χ4n) is 1.80. The first kappa shape index (κ1) is 11.9. The van der Waals surface area contributed by atoms with E-state index in [2.05, 4.69) is 0 Å². The maximum absolute atomic E-state index is 11.8. The standard InChI is InChI=1S/C9H19NO3S/c1-2-3-7-14(12,13)10-6-4-5-9(10)8-11/h9,11H,2-8H2,1H3.